The number of hydrogen-bond donors (Lipinski definition) is 1. The molecule has 1 N–H and O–H groups in total. The molecular formula is C22H18N2O2. The molecule has 4 nitrogen and oxygen atoms in total. The number of nitrogens with zero attached hydrogens (tertiary/aromatic N) is 1. The number of hydrogen-bond acceptors (Lipinski definition) is 3. The second-order valence-corrected chi connectivity index (χ2v) is 6.07. The molecule has 0 spiro atoms. The highest BCUT2D eigenvalue weighted by Gasteiger charge is 2.21. The van der Waals surface area contributed by atoms with Crippen molar-refractivity contribution in [3.05, 3.63) is 102 Å². The maximum atomic E-state index is 12.6. The lowest BCUT2D eigenvalue weighted by Crippen LogP contribution is -2.15. The van der Waals surface area contributed by atoms with Crippen LogP contribution in [0.2, 0.25) is 0 Å². The van der Waals surface area contributed by atoms with Crippen molar-refractivity contribution in [3.63, 3.8) is 0 Å². The van der Waals surface area contributed by atoms with Crippen molar-refractivity contribution >= 4 is 16.9 Å². The summed E-state index contributed by atoms with van der Waals surface area (Å²) in [6.45, 7) is 0. The number of aromatic nitrogens is 2. The second kappa shape index (κ2) is 7.23. The Kier molecular flexibility index (Phi) is 4.48. The number of para-hydroxylation sites is 1. The van der Waals surface area contributed by atoms with Gasteiger partial charge in [0.15, 0.2) is 6.10 Å². The van der Waals surface area contributed by atoms with Gasteiger partial charge in [-0.3, -0.25) is 9.78 Å². The van der Waals surface area contributed by atoms with Crippen LogP contribution in [0.4, 0.5) is 0 Å². The number of H-pyrrole nitrogens is 1. The maximum Gasteiger partial charge on any atom is 0.311 e. The van der Waals surface area contributed by atoms with Gasteiger partial charge < -0.3 is 9.72 Å². The highest BCUT2D eigenvalue weighted by atomic mass is 16.5. The lowest BCUT2D eigenvalue weighted by atomic mass is 10.1. The summed E-state index contributed by atoms with van der Waals surface area (Å²) in [5.41, 5.74) is 3.56. The fourth-order valence-corrected chi connectivity index (χ4v) is 3.06. The molecule has 2 aromatic carbocycles. The molecule has 1 unspecified atom stereocenters. The van der Waals surface area contributed by atoms with Crippen LogP contribution in [0.3, 0.4) is 0 Å². The van der Waals surface area contributed by atoms with Gasteiger partial charge in [0.05, 0.1) is 12.1 Å². The zero-order valence-electron chi connectivity index (χ0n) is 14.1. The first-order valence-electron chi connectivity index (χ1n) is 8.51. The zero-order chi connectivity index (χ0) is 17.8. The molecule has 0 bridgehead atoms. The number of esters is 1. The van der Waals surface area contributed by atoms with Crippen LogP contribution in [-0.4, -0.2) is 15.9 Å². The van der Waals surface area contributed by atoms with E-state index in [1.165, 1.54) is 0 Å². The van der Waals surface area contributed by atoms with Crippen LogP contribution in [0.25, 0.3) is 10.9 Å². The Balaban J connectivity index is 1.58. The van der Waals surface area contributed by atoms with E-state index in [1.54, 1.807) is 6.20 Å². The summed E-state index contributed by atoms with van der Waals surface area (Å²) in [5, 5.41) is 1.04. The van der Waals surface area contributed by atoms with Crippen molar-refractivity contribution < 1.29 is 9.53 Å². The van der Waals surface area contributed by atoms with Crippen LogP contribution in [0.1, 0.15) is 22.9 Å². The van der Waals surface area contributed by atoms with Crippen molar-refractivity contribution in [1.29, 1.82) is 0 Å². The number of rotatable bonds is 5. The van der Waals surface area contributed by atoms with E-state index in [0.717, 1.165) is 22.0 Å². The smallest absolute Gasteiger partial charge is 0.311 e. The molecule has 1 atom stereocenters. The normalized spacial score (nSPS) is 12.0. The average Bonchev–Trinajstić information content (AvgIpc) is 3.10. The van der Waals surface area contributed by atoms with E-state index >= 15 is 0 Å². The molecule has 128 valence electrons. The fourth-order valence-electron chi connectivity index (χ4n) is 3.06. The number of fused-ring (bicyclic) bond motifs is 1. The first kappa shape index (κ1) is 16.1. The summed E-state index contributed by atoms with van der Waals surface area (Å²) in [6, 6.07) is 23.2. The summed E-state index contributed by atoms with van der Waals surface area (Å²) in [7, 11) is 0. The largest absolute Gasteiger partial charge is 0.451 e. The molecule has 0 saturated carbocycles. The third kappa shape index (κ3) is 3.35. The molecule has 2 aromatic heterocycles. The van der Waals surface area contributed by atoms with Crippen molar-refractivity contribution in [3.8, 4) is 0 Å². The number of ether oxygens (including phenoxy) is 1. The molecule has 4 rings (SSSR count). The molecule has 0 aliphatic heterocycles. The Bertz CT molecular complexity index is 970. The third-order valence-electron chi connectivity index (χ3n) is 4.32. The summed E-state index contributed by atoms with van der Waals surface area (Å²) in [4.78, 5) is 20.2. The molecule has 0 amide bonds. The lowest BCUT2D eigenvalue weighted by molar-refractivity contribution is -0.146. The van der Waals surface area contributed by atoms with Crippen molar-refractivity contribution in [2.45, 2.75) is 12.5 Å². The van der Waals surface area contributed by atoms with E-state index in [4.69, 9.17) is 4.74 Å². The van der Waals surface area contributed by atoms with Gasteiger partial charge in [-0.25, -0.2) is 0 Å². The SMILES string of the molecule is O=C(Cc1c[nH]c2ccccc12)OC(c1ccccc1)c1ccccn1. The number of benzene rings is 2. The molecule has 26 heavy (non-hydrogen) atoms. The monoisotopic (exact) mass is 342 g/mol. The van der Waals surface area contributed by atoms with Crippen LogP contribution >= 0.6 is 0 Å². The van der Waals surface area contributed by atoms with Gasteiger partial charge in [0.2, 0.25) is 0 Å². The first-order chi connectivity index (χ1) is 12.8. The lowest BCUT2D eigenvalue weighted by Gasteiger charge is -2.18. The summed E-state index contributed by atoms with van der Waals surface area (Å²) >= 11 is 0. The quantitative estimate of drug-likeness (QED) is 0.546. The molecule has 2 heterocycles. The average molecular weight is 342 g/mol. The minimum atomic E-state index is -0.518. The Morgan fingerprint density at radius 2 is 1.73 bits per heavy atom. The van der Waals surface area contributed by atoms with Crippen LogP contribution in [0.5, 0.6) is 0 Å². The zero-order valence-corrected chi connectivity index (χ0v) is 14.1. The Hall–Kier alpha value is -3.40. The molecule has 0 aliphatic carbocycles. The highest BCUT2D eigenvalue weighted by Crippen LogP contribution is 2.26. The van der Waals surface area contributed by atoms with E-state index in [2.05, 4.69) is 9.97 Å². The minimum absolute atomic E-state index is 0.209. The summed E-state index contributed by atoms with van der Waals surface area (Å²) < 4.78 is 5.83. The molecular weight excluding hydrogens is 324 g/mol. The molecule has 0 saturated heterocycles. The Morgan fingerprint density at radius 3 is 2.54 bits per heavy atom. The fraction of sp³-hybridized carbons (Fsp3) is 0.0909. The van der Waals surface area contributed by atoms with Crippen LogP contribution < -0.4 is 0 Å². The third-order valence-corrected chi connectivity index (χ3v) is 4.32. The molecule has 4 heteroatoms. The molecule has 0 aliphatic rings. The van der Waals surface area contributed by atoms with E-state index in [1.807, 2.05) is 79.0 Å². The van der Waals surface area contributed by atoms with Crippen LogP contribution in [-0.2, 0) is 16.0 Å². The number of aromatic amines is 1. The Labute approximate surface area is 151 Å². The highest BCUT2D eigenvalue weighted by molar-refractivity contribution is 5.87. The van der Waals surface area contributed by atoms with Crippen molar-refractivity contribution in [1.82, 2.24) is 9.97 Å². The maximum absolute atomic E-state index is 12.6. The Morgan fingerprint density at radius 1 is 0.962 bits per heavy atom. The van der Waals surface area contributed by atoms with Crippen molar-refractivity contribution in [2.75, 3.05) is 0 Å². The van der Waals surface area contributed by atoms with Crippen LogP contribution in [0.15, 0.2) is 85.2 Å². The van der Waals surface area contributed by atoms with Gasteiger partial charge >= 0.3 is 5.97 Å². The van der Waals surface area contributed by atoms with Crippen molar-refractivity contribution in [2.24, 2.45) is 0 Å². The number of carbonyl (C=O) groups excluding carboxylic acids is 1. The number of carbonyl (C=O) groups is 1. The van der Waals surface area contributed by atoms with Gasteiger partial charge in [0.1, 0.15) is 0 Å². The molecule has 0 fully saturated rings. The standard InChI is InChI=1S/C22H18N2O2/c25-21(14-17-15-24-19-11-5-4-10-18(17)19)26-22(16-8-2-1-3-9-16)20-12-6-7-13-23-20/h1-13,15,22,24H,14H2. The van der Waals surface area contributed by atoms with Gasteiger partial charge in [0.25, 0.3) is 0 Å². The topological polar surface area (TPSA) is 55.0 Å². The van der Waals surface area contributed by atoms with Gasteiger partial charge in [-0.2, -0.15) is 0 Å². The molecule has 4 aromatic rings. The predicted octanol–water partition coefficient (Wildman–Crippen LogP) is 4.44. The molecule has 0 radical (unpaired) electrons. The number of nitrogens with one attached hydrogen (secondary N) is 1. The minimum Gasteiger partial charge on any atom is -0.451 e. The van der Waals surface area contributed by atoms with E-state index in [-0.39, 0.29) is 12.4 Å². The van der Waals surface area contributed by atoms with Gasteiger partial charge in [-0.05, 0) is 29.3 Å². The summed E-state index contributed by atoms with van der Waals surface area (Å²) in [6.07, 6.45) is 3.26. The van der Waals surface area contributed by atoms with Gasteiger partial charge in [-0.1, -0.05) is 54.6 Å². The predicted molar refractivity (Wildman–Crippen MR) is 101 cm³/mol. The first-order valence-corrected chi connectivity index (χ1v) is 8.51. The van der Waals surface area contributed by atoms with E-state index in [9.17, 15) is 4.79 Å². The van der Waals surface area contributed by atoms with Crippen LogP contribution in [0, 0.1) is 0 Å². The van der Waals surface area contributed by atoms with Gasteiger partial charge in [0, 0.05) is 23.3 Å². The summed E-state index contributed by atoms with van der Waals surface area (Å²) in [5.74, 6) is -0.283. The second-order valence-electron chi connectivity index (χ2n) is 6.07. The number of pyridine rings is 1. The van der Waals surface area contributed by atoms with E-state index in [0.29, 0.717) is 5.69 Å². The van der Waals surface area contributed by atoms with E-state index < -0.39 is 6.10 Å². The van der Waals surface area contributed by atoms with Gasteiger partial charge in [-0.15, -0.1) is 0 Å².